The van der Waals surface area contributed by atoms with Gasteiger partial charge in [0.25, 0.3) is 0 Å². The van der Waals surface area contributed by atoms with E-state index in [1.807, 2.05) is 24.3 Å². The van der Waals surface area contributed by atoms with Gasteiger partial charge in [-0.25, -0.2) is 0 Å². The SMILES string of the molecule is CC(=NCl)[C@@](Cl)(C#N)c1ccccc1. The summed E-state index contributed by atoms with van der Waals surface area (Å²) in [6.45, 7) is 1.62. The highest BCUT2D eigenvalue weighted by molar-refractivity contribution is 6.39. The van der Waals surface area contributed by atoms with Crippen LogP contribution in [0.3, 0.4) is 0 Å². The second-order valence-corrected chi connectivity index (χ2v) is 3.54. The standard InChI is InChI=1S/C10H8Cl2N2/c1-8(14-12)10(11,7-13)9-5-3-2-4-6-9/h2-6H,1H3/t10-/m0/s1. The maximum atomic E-state index is 9.02. The molecule has 0 saturated heterocycles. The summed E-state index contributed by atoms with van der Waals surface area (Å²) in [6.07, 6.45) is 0. The minimum absolute atomic E-state index is 0.370. The van der Waals surface area contributed by atoms with Crippen molar-refractivity contribution in [1.82, 2.24) is 0 Å². The van der Waals surface area contributed by atoms with Crippen LogP contribution >= 0.6 is 23.4 Å². The molecule has 0 heterocycles. The molecule has 1 rings (SSSR count). The maximum Gasteiger partial charge on any atom is 0.194 e. The predicted molar refractivity (Wildman–Crippen MR) is 58.5 cm³/mol. The van der Waals surface area contributed by atoms with Gasteiger partial charge in [-0.1, -0.05) is 41.9 Å². The molecular weight excluding hydrogens is 219 g/mol. The van der Waals surface area contributed by atoms with Gasteiger partial charge >= 0.3 is 0 Å². The van der Waals surface area contributed by atoms with Gasteiger partial charge in [-0.3, -0.25) is 0 Å². The van der Waals surface area contributed by atoms with Crippen molar-refractivity contribution in [1.29, 1.82) is 5.26 Å². The van der Waals surface area contributed by atoms with Gasteiger partial charge in [-0.15, -0.1) is 0 Å². The molecule has 4 heteroatoms. The summed E-state index contributed by atoms with van der Waals surface area (Å²) >= 11 is 11.4. The van der Waals surface area contributed by atoms with Crippen LogP contribution in [0, 0.1) is 11.3 Å². The molecule has 0 aliphatic rings. The van der Waals surface area contributed by atoms with Crippen molar-refractivity contribution in [2.75, 3.05) is 0 Å². The van der Waals surface area contributed by atoms with Crippen LogP contribution in [-0.2, 0) is 4.87 Å². The van der Waals surface area contributed by atoms with Crippen LogP contribution in [0.5, 0.6) is 0 Å². The lowest BCUT2D eigenvalue weighted by Gasteiger charge is -2.17. The van der Waals surface area contributed by atoms with Gasteiger partial charge in [0.15, 0.2) is 4.87 Å². The van der Waals surface area contributed by atoms with Gasteiger partial charge in [-0.05, 0) is 12.5 Å². The Morgan fingerprint density at radius 3 is 2.43 bits per heavy atom. The van der Waals surface area contributed by atoms with Gasteiger partial charge in [0, 0.05) is 11.8 Å². The second kappa shape index (κ2) is 4.45. The molecule has 0 aromatic heterocycles. The summed E-state index contributed by atoms with van der Waals surface area (Å²) in [7, 11) is 0. The Bertz CT molecular complexity index is 381. The average molecular weight is 227 g/mol. The molecule has 0 bridgehead atoms. The summed E-state index contributed by atoms with van der Waals surface area (Å²) in [4.78, 5) is -1.26. The molecule has 0 aliphatic carbocycles. The number of hydrogen-bond acceptors (Lipinski definition) is 2. The molecule has 0 fully saturated rings. The topological polar surface area (TPSA) is 36.1 Å². The Morgan fingerprint density at radius 2 is 2.00 bits per heavy atom. The molecule has 72 valence electrons. The zero-order valence-electron chi connectivity index (χ0n) is 7.54. The van der Waals surface area contributed by atoms with Crippen molar-refractivity contribution < 1.29 is 0 Å². The minimum Gasteiger partial charge on any atom is -0.196 e. The van der Waals surface area contributed by atoms with Crippen molar-refractivity contribution in [2.24, 2.45) is 4.51 Å². The quantitative estimate of drug-likeness (QED) is 0.564. The van der Waals surface area contributed by atoms with Crippen LogP contribution in [0.4, 0.5) is 0 Å². The van der Waals surface area contributed by atoms with Crippen LogP contribution in [0.1, 0.15) is 12.5 Å². The van der Waals surface area contributed by atoms with Crippen LogP contribution in [0.2, 0.25) is 0 Å². The molecule has 1 aromatic rings. The minimum atomic E-state index is -1.26. The lowest BCUT2D eigenvalue weighted by Crippen LogP contribution is -2.25. The number of benzene rings is 1. The van der Waals surface area contributed by atoms with E-state index in [1.54, 1.807) is 19.1 Å². The Labute approximate surface area is 92.9 Å². The highest BCUT2D eigenvalue weighted by Gasteiger charge is 2.33. The summed E-state index contributed by atoms with van der Waals surface area (Å²) in [5.74, 6) is 0. The molecule has 0 amide bonds. The first-order chi connectivity index (χ1) is 6.65. The third-order valence-corrected chi connectivity index (χ3v) is 2.78. The predicted octanol–water partition coefficient (Wildman–Crippen LogP) is 3.26. The number of nitriles is 1. The highest BCUT2D eigenvalue weighted by atomic mass is 35.5. The van der Waals surface area contributed by atoms with Gasteiger partial charge in [0.05, 0.1) is 11.8 Å². The fourth-order valence-electron chi connectivity index (χ4n) is 1.08. The van der Waals surface area contributed by atoms with Gasteiger partial charge < -0.3 is 0 Å². The van der Waals surface area contributed by atoms with Crippen molar-refractivity contribution in [3.8, 4) is 6.07 Å². The zero-order valence-corrected chi connectivity index (χ0v) is 9.05. The molecule has 0 N–H and O–H groups in total. The van der Waals surface area contributed by atoms with Gasteiger partial charge in [-0.2, -0.15) is 9.77 Å². The summed E-state index contributed by atoms with van der Waals surface area (Å²) in [6, 6.07) is 11.0. The zero-order chi connectivity index (χ0) is 10.6. The summed E-state index contributed by atoms with van der Waals surface area (Å²) < 4.78 is 3.44. The Kier molecular flexibility index (Phi) is 3.51. The van der Waals surface area contributed by atoms with E-state index in [9.17, 15) is 0 Å². The van der Waals surface area contributed by atoms with Crippen LogP contribution in [-0.4, -0.2) is 5.71 Å². The van der Waals surface area contributed by atoms with Crippen LogP contribution < -0.4 is 0 Å². The number of nitrogens with zero attached hydrogens (tertiary/aromatic N) is 2. The van der Waals surface area contributed by atoms with E-state index in [0.29, 0.717) is 11.3 Å². The molecule has 1 aromatic carbocycles. The lowest BCUT2D eigenvalue weighted by atomic mass is 9.95. The number of rotatable bonds is 2. The summed E-state index contributed by atoms with van der Waals surface area (Å²) in [5.41, 5.74) is 1.04. The Morgan fingerprint density at radius 1 is 1.43 bits per heavy atom. The molecule has 0 spiro atoms. The fourth-order valence-corrected chi connectivity index (χ4v) is 1.42. The first-order valence-electron chi connectivity index (χ1n) is 3.97. The van der Waals surface area contributed by atoms with E-state index in [1.165, 1.54) is 0 Å². The molecule has 0 aliphatic heterocycles. The van der Waals surface area contributed by atoms with E-state index >= 15 is 0 Å². The number of hydrogen-bond donors (Lipinski definition) is 0. The van der Waals surface area contributed by atoms with Gasteiger partial charge in [0.1, 0.15) is 0 Å². The largest absolute Gasteiger partial charge is 0.196 e. The first-order valence-corrected chi connectivity index (χ1v) is 4.68. The van der Waals surface area contributed by atoms with Crippen molar-refractivity contribution in [3.63, 3.8) is 0 Å². The van der Waals surface area contributed by atoms with Crippen molar-refractivity contribution in [3.05, 3.63) is 35.9 Å². The van der Waals surface area contributed by atoms with Crippen LogP contribution in [0.15, 0.2) is 34.8 Å². The monoisotopic (exact) mass is 226 g/mol. The Balaban J connectivity index is 3.24. The van der Waals surface area contributed by atoms with E-state index in [-0.39, 0.29) is 0 Å². The maximum absolute atomic E-state index is 9.02. The van der Waals surface area contributed by atoms with E-state index in [2.05, 4.69) is 4.51 Å². The van der Waals surface area contributed by atoms with E-state index in [0.717, 1.165) is 0 Å². The smallest absolute Gasteiger partial charge is 0.194 e. The average Bonchev–Trinajstić information content (AvgIpc) is 2.28. The Hall–Kier alpha value is -1.04. The second-order valence-electron chi connectivity index (χ2n) is 2.81. The third kappa shape index (κ3) is 1.89. The van der Waals surface area contributed by atoms with Crippen molar-refractivity contribution >= 4 is 29.1 Å². The molecule has 0 radical (unpaired) electrons. The van der Waals surface area contributed by atoms with Gasteiger partial charge in [0.2, 0.25) is 0 Å². The van der Waals surface area contributed by atoms with E-state index < -0.39 is 4.87 Å². The van der Waals surface area contributed by atoms with Crippen LogP contribution in [0.25, 0.3) is 0 Å². The molecule has 14 heavy (non-hydrogen) atoms. The fraction of sp³-hybridized carbons (Fsp3) is 0.200. The summed E-state index contributed by atoms with van der Waals surface area (Å²) in [5, 5.41) is 9.02. The molecule has 0 saturated carbocycles. The third-order valence-electron chi connectivity index (χ3n) is 1.95. The molecule has 2 nitrogen and oxygen atoms in total. The number of halogens is 2. The molecule has 1 atom stereocenters. The number of alkyl halides is 1. The highest BCUT2D eigenvalue weighted by Crippen LogP contribution is 2.30. The van der Waals surface area contributed by atoms with Crippen molar-refractivity contribution in [2.45, 2.75) is 11.8 Å². The normalized spacial score (nSPS) is 15.7. The lowest BCUT2D eigenvalue weighted by molar-refractivity contribution is 1.04. The molecular formula is C10H8Cl2N2. The van der Waals surface area contributed by atoms with E-state index in [4.69, 9.17) is 28.6 Å². The molecule has 0 unspecified atom stereocenters. The first kappa shape index (κ1) is 11.0.